The van der Waals surface area contributed by atoms with Crippen LogP contribution in [0.2, 0.25) is 0 Å². The molecule has 2 saturated carbocycles. The Hall–Kier alpha value is -0.0400. The summed E-state index contributed by atoms with van der Waals surface area (Å²) in [6.07, 6.45) is 18.0. The predicted octanol–water partition coefficient (Wildman–Crippen LogP) is 4.29. The van der Waals surface area contributed by atoms with Gasteiger partial charge in [0.1, 0.15) is 0 Å². The van der Waals surface area contributed by atoms with Crippen molar-refractivity contribution in [1.29, 1.82) is 0 Å². The SMILES string of the molecule is C1CCCC1.C1CCCCCC1.CO. The minimum atomic E-state index is 1.00. The summed E-state index contributed by atoms with van der Waals surface area (Å²) in [6, 6.07) is 0. The molecule has 0 aromatic carbocycles. The Kier molecular flexibility index (Phi) is 12.9. The van der Waals surface area contributed by atoms with Crippen molar-refractivity contribution in [1.82, 2.24) is 0 Å². The highest BCUT2D eigenvalue weighted by Crippen LogP contribution is 2.15. The van der Waals surface area contributed by atoms with Crippen LogP contribution in [0.3, 0.4) is 0 Å². The summed E-state index contributed by atoms with van der Waals surface area (Å²) in [5.41, 5.74) is 0. The van der Waals surface area contributed by atoms with Gasteiger partial charge in [-0.15, -0.1) is 0 Å². The molecule has 0 amide bonds. The van der Waals surface area contributed by atoms with Gasteiger partial charge in [0.05, 0.1) is 0 Å². The van der Waals surface area contributed by atoms with Crippen molar-refractivity contribution < 1.29 is 5.11 Å². The molecule has 0 aromatic rings. The Morgan fingerprint density at radius 2 is 0.429 bits per heavy atom. The average Bonchev–Trinajstić information content (AvgIpc) is 2.70. The van der Waals surface area contributed by atoms with E-state index in [0.29, 0.717) is 0 Å². The topological polar surface area (TPSA) is 20.2 Å². The van der Waals surface area contributed by atoms with E-state index in [1.165, 1.54) is 77.0 Å². The van der Waals surface area contributed by atoms with Crippen LogP contribution < -0.4 is 0 Å². The van der Waals surface area contributed by atoms with Crippen molar-refractivity contribution in [3.8, 4) is 0 Å². The van der Waals surface area contributed by atoms with Crippen molar-refractivity contribution in [2.24, 2.45) is 0 Å². The van der Waals surface area contributed by atoms with Crippen molar-refractivity contribution in [2.75, 3.05) is 7.11 Å². The highest BCUT2D eigenvalue weighted by atomic mass is 16.2. The maximum absolute atomic E-state index is 7.00. The van der Waals surface area contributed by atoms with E-state index in [1.54, 1.807) is 0 Å². The van der Waals surface area contributed by atoms with Gasteiger partial charge >= 0.3 is 0 Å². The lowest BCUT2D eigenvalue weighted by atomic mass is 10.2. The maximum Gasteiger partial charge on any atom is 0.0319 e. The van der Waals surface area contributed by atoms with Gasteiger partial charge in [-0.25, -0.2) is 0 Å². The van der Waals surface area contributed by atoms with E-state index in [2.05, 4.69) is 0 Å². The quantitative estimate of drug-likeness (QED) is 0.578. The molecule has 1 heteroatoms. The summed E-state index contributed by atoms with van der Waals surface area (Å²) >= 11 is 0. The van der Waals surface area contributed by atoms with E-state index in [0.717, 1.165) is 7.11 Å². The van der Waals surface area contributed by atoms with E-state index in [9.17, 15) is 0 Å². The molecule has 2 aliphatic carbocycles. The molecule has 2 aliphatic rings. The molecule has 0 unspecified atom stereocenters. The van der Waals surface area contributed by atoms with Crippen LogP contribution in [0.15, 0.2) is 0 Å². The summed E-state index contributed by atoms with van der Waals surface area (Å²) in [6.45, 7) is 0. The first-order valence-corrected chi connectivity index (χ1v) is 6.45. The van der Waals surface area contributed by atoms with Crippen LogP contribution in [0.25, 0.3) is 0 Å². The van der Waals surface area contributed by atoms with Crippen molar-refractivity contribution in [2.45, 2.75) is 77.0 Å². The normalized spacial score (nSPS) is 21.0. The van der Waals surface area contributed by atoms with Crippen molar-refractivity contribution in [3.05, 3.63) is 0 Å². The second-order valence-corrected chi connectivity index (χ2v) is 4.24. The molecule has 2 rings (SSSR count). The molecule has 1 nitrogen and oxygen atoms in total. The minimum Gasteiger partial charge on any atom is -0.400 e. The zero-order valence-corrected chi connectivity index (χ0v) is 9.93. The third-order valence-electron chi connectivity index (χ3n) is 3.00. The lowest BCUT2D eigenvalue weighted by molar-refractivity contribution is 0.399. The molecule has 0 radical (unpaired) electrons. The highest BCUT2D eigenvalue weighted by Gasteiger charge is 1.96. The number of aliphatic hydroxyl groups excluding tert-OH is 1. The molecule has 0 bridgehead atoms. The molecule has 0 aromatic heterocycles. The molecule has 0 aliphatic heterocycles. The Bertz CT molecular complexity index is 60.0. The first-order valence-electron chi connectivity index (χ1n) is 6.45. The van der Waals surface area contributed by atoms with Crippen molar-refractivity contribution >= 4 is 0 Å². The fraction of sp³-hybridized carbons (Fsp3) is 1.00. The third kappa shape index (κ3) is 10.0. The zero-order chi connectivity index (χ0) is 10.5. The highest BCUT2D eigenvalue weighted by molar-refractivity contribution is 4.51. The summed E-state index contributed by atoms with van der Waals surface area (Å²) < 4.78 is 0. The van der Waals surface area contributed by atoms with Gasteiger partial charge in [-0.3, -0.25) is 0 Å². The number of rotatable bonds is 0. The van der Waals surface area contributed by atoms with E-state index < -0.39 is 0 Å². The van der Waals surface area contributed by atoms with E-state index in [4.69, 9.17) is 5.11 Å². The van der Waals surface area contributed by atoms with Gasteiger partial charge in [0.2, 0.25) is 0 Å². The second-order valence-electron chi connectivity index (χ2n) is 4.24. The van der Waals surface area contributed by atoms with Gasteiger partial charge in [0, 0.05) is 7.11 Å². The number of aliphatic hydroxyl groups is 1. The first kappa shape index (κ1) is 14.0. The largest absolute Gasteiger partial charge is 0.400 e. The number of hydrogen-bond acceptors (Lipinski definition) is 1. The van der Waals surface area contributed by atoms with Gasteiger partial charge in [0.15, 0.2) is 0 Å². The van der Waals surface area contributed by atoms with E-state index >= 15 is 0 Å². The molecular weight excluding hydrogens is 172 g/mol. The Labute approximate surface area is 89.9 Å². The smallest absolute Gasteiger partial charge is 0.0319 e. The number of hydrogen-bond donors (Lipinski definition) is 1. The molecule has 0 atom stereocenters. The summed E-state index contributed by atoms with van der Waals surface area (Å²) in [5.74, 6) is 0. The first-order chi connectivity index (χ1) is 7.00. The van der Waals surface area contributed by atoms with Crippen LogP contribution in [0.5, 0.6) is 0 Å². The lowest BCUT2D eigenvalue weighted by Gasteiger charge is -1.85. The van der Waals surface area contributed by atoms with Crippen LogP contribution >= 0.6 is 0 Å². The predicted molar refractivity (Wildman–Crippen MR) is 63.5 cm³/mol. The van der Waals surface area contributed by atoms with E-state index in [-0.39, 0.29) is 0 Å². The third-order valence-corrected chi connectivity index (χ3v) is 3.00. The summed E-state index contributed by atoms with van der Waals surface area (Å²) in [5, 5.41) is 7.00. The molecule has 1 N–H and O–H groups in total. The van der Waals surface area contributed by atoms with Gasteiger partial charge in [-0.1, -0.05) is 77.0 Å². The standard InChI is InChI=1S/C7H14.C5H10.CH4O/c1-2-4-6-7-5-3-1;1-2-4-5-3-1;1-2/h1-7H2;1-5H2;2H,1H3. The summed E-state index contributed by atoms with van der Waals surface area (Å²) in [7, 11) is 1.00. The van der Waals surface area contributed by atoms with E-state index in [1.807, 2.05) is 0 Å². The molecule has 86 valence electrons. The maximum atomic E-state index is 7.00. The minimum absolute atomic E-state index is 1.00. The van der Waals surface area contributed by atoms with Gasteiger partial charge in [0.25, 0.3) is 0 Å². The molecule has 14 heavy (non-hydrogen) atoms. The van der Waals surface area contributed by atoms with Crippen LogP contribution in [0, 0.1) is 0 Å². The average molecular weight is 200 g/mol. The van der Waals surface area contributed by atoms with Crippen LogP contribution in [-0.2, 0) is 0 Å². The Balaban J connectivity index is 0.000000213. The van der Waals surface area contributed by atoms with Crippen molar-refractivity contribution in [3.63, 3.8) is 0 Å². The van der Waals surface area contributed by atoms with Gasteiger partial charge < -0.3 is 5.11 Å². The zero-order valence-electron chi connectivity index (χ0n) is 9.93. The molecule has 0 spiro atoms. The molecule has 2 fully saturated rings. The monoisotopic (exact) mass is 200 g/mol. The van der Waals surface area contributed by atoms with Crippen LogP contribution in [0.4, 0.5) is 0 Å². The summed E-state index contributed by atoms with van der Waals surface area (Å²) in [4.78, 5) is 0. The fourth-order valence-electron chi connectivity index (χ4n) is 2.12. The molecular formula is C13H28O. The van der Waals surface area contributed by atoms with Gasteiger partial charge in [-0.05, 0) is 0 Å². The molecule has 0 saturated heterocycles. The second kappa shape index (κ2) is 13.0. The van der Waals surface area contributed by atoms with Crippen LogP contribution in [-0.4, -0.2) is 12.2 Å². The molecule has 0 heterocycles. The van der Waals surface area contributed by atoms with Crippen LogP contribution in [0.1, 0.15) is 77.0 Å². The Morgan fingerprint density at radius 3 is 0.500 bits per heavy atom. The lowest BCUT2D eigenvalue weighted by Crippen LogP contribution is -1.66. The Morgan fingerprint density at radius 1 is 0.357 bits per heavy atom. The fourth-order valence-corrected chi connectivity index (χ4v) is 2.12. The van der Waals surface area contributed by atoms with Gasteiger partial charge in [-0.2, -0.15) is 0 Å².